The van der Waals surface area contributed by atoms with E-state index in [2.05, 4.69) is 0 Å². The smallest absolute Gasteiger partial charge is 0.412 e. The number of halogens is 2. The van der Waals surface area contributed by atoms with Crippen LogP contribution < -0.4 is 28.0 Å². The minimum atomic E-state index is -2.85. The zero-order valence-corrected chi connectivity index (χ0v) is 10.6. The Hall–Kier alpha value is 1.36. The summed E-state index contributed by atoms with van der Waals surface area (Å²) >= 11 is 0. The molecule has 0 radical (unpaired) electrons. The van der Waals surface area contributed by atoms with Crippen LogP contribution >= 0.6 is 0 Å². The summed E-state index contributed by atoms with van der Waals surface area (Å²) < 4.78 is 50.4. The van der Waals surface area contributed by atoms with Gasteiger partial charge in [0.25, 0.3) is 0 Å². The molecule has 0 aliphatic rings. The van der Waals surface area contributed by atoms with E-state index >= 15 is 0 Å². The molecular weight excluding hydrogens is 303 g/mol. The van der Waals surface area contributed by atoms with E-state index in [4.69, 9.17) is 28.0 Å². The average molecular weight is 315 g/mol. The molecule has 0 aromatic rings. The van der Waals surface area contributed by atoms with Crippen LogP contribution in [0.2, 0.25) is 0 Å². The molecule has 0 rings (SSSR count). The van der Waals surface area contributed by atoms with Crippen molar-refractivity contribution < 1.29 is 82.4 Å². The van der Waals surface area contributed by atoms with Gasteiger partial charge in [0, 0.05) is 0 Å². The van der Waals surface area contributed by atoms with Crippen molar-refractivity contribution in [1.82, 2.24) is 0 Å². The van der Waals surface area contributed by atoms with Gasteiger partial charge in [-0.05, 0) is 0 Å². The molecule has 0 spiro atoms. The van der Waals surface area contributed by atoms with E-state index in [1.807, 2.05) is 0 Å². The summed E-state index contributed by atoms with van der Waals surface area (Å²) in [5.41, 5.74) is 0. The van der Waals surface area contributed by atoms with Gasteiger partial charge in [-0.15, -0.1) is 0 Å². The fourth-order valence-corrected chi connectivity index (χ4v) is 0. The van der Waals surface area contributed by atoms with E-state index in [1.54, 1.807) is 0 Å². The van der Waals surface area contributed by atoms with Crippen LogP contribution in [0.3, 0.4) is 0 Å². The molecule has 0 aromatic carbocycles. The SMILES string of the molecule is O.O.O.O.O.O.[Ca+2].[O-][Cl+2]([O-])[O-].[O-][Cl+2]([O-])[O-]. The second kappa shape index (κ2) is 58.5. The minimum Gasteiger partial charge on any atom is -0.412 e. The van der Waals surface area contributed by atoms with Gasteiger partial charge in [-0.3, -0.25) is 0 Å². The number of hydrogen-bond donors (Lipinski definition) is 0. The molecule has 15 heavy (non-hydrogen) atoms. The molecule has 0 aromatic heterocycles. The Kier molecular flexibility index (Phi) is 278. The summed E-state index contributed by atoms with van der Waals surface area (Å²) in [5.74, 6) is 0. The van der Waals surface area contributed by atoms with Crippen molar-refractivity contribution in [3.05, 3.63) is 0 Å². The van der Waals surface area contributed by atoms with Gasteiger partial charge in [-0.2, -0.15) is 0 Å². The Labute approximate surface area is 119 Å². The Bertz CT molecular complexity index is 29.1. The van der Waals surface area contributed by atoms with Crippen molar-refractivity contribution in [1.29, 1.82) is 0 Å². The van der Waals surface area contributed by atoms with Crippen LogP contribution in [0.5, 0.6) is 0 Å². The molecule has 0 saturated heterocycles. The van der Waals surface area contributed by atoms with Crippen LogP contribution in [0.25, 0.3) is 0 Å². The molecule has 0 aliphatic carbocycles. The van der Waals surface area contributed by atoms with E-state index < -0.39 is 21.6 Å². The first kappa shape index (κ1) is 71.3. The predicted molar refractivity (Wildman–Crippen MR) is 27.4 cm³/mol. The van der Waals surface area contributed by atoms with Crippen LogP contribution in [0, 0.1) is 21.6 Å². The average Bonchev–Trinajstić information content (AvgIpc) is 1.25. The summed E-state index contributed by atoms with van der Waals surface area (Å²) in [5, 5.41) is 0. The Balaban J connectivity index is -0.00000000468. The molecule has 12 N–H and O–H groups in total. The van der Waals surface area contributed by atoms with Gasteiger partial charge >= 0.3 is 37.7 Å². The second-order valence-electron chi connectivity index (χ2n) is 0.378. The van der Waals surface area contributed by atoms with Crippen LogP contribution in [0.1, 0.15) is 0 Å². The first-order valence-electron chi connectivity index (χ1n) is 0.926. The van der Waals surface area contributed by atoms with Crippen LogP contribution in [0.15, 0.2) is 0 Å². The summed E-state index contributed by atoms with van der Waals surface area (Å²) in [4.78, 5) is 0. The summed E-state index contributed by atoms with van der Waals surface area (Å²) in [7, 11) is -5.70. The quantitative estimate of drug-likeness (QED) is 0.389. The van der Waals surface area contributed by atoms with E-state index in [9.17, 15) is 0 Å². The Morgan fingerprint density at radius 1 is 0.400 bits per heavy atom. The third kappa shape index (κ3) is 1480. The molecule has 0 bridgehead atoms. The molecule has 0 aliphatic heterocycles. The van der Waals surface area contributed by atoms with Gasteiger partial charge < -0.3 is 60.8 Å². The minimum absolute atomic E-state index is 0. The maximum absolute atomic E-state index is 8.41. The van der Waals surface area contributed by atoms with Gasteiger partial charge in [0.05, 0.1) is 21.6 Å². The molecule has 15 heteroatoms. The van der Waals surface area contributed by atoms with Crippen molar-refractivity contribution >= 4 is 37.7 Å². The van der Waals surface area contributed by atoms with Crippen molar-refractivity contribution in [2.24, 2.45) is 0 Å². The first-order chi connectivity index (χ1) is 3.46. The second-order valence-corrected chi connectivity index (χ2v) is 1.13. The molecule has 100 valence electrons. The monoisotopic (exact) mass is 314 g/mol. The van der Waals surface area contributed by atoms with Crippen LogP contribution in [-0.2, 0) is 0 Å². The van der Waals surface area contributed by atoms with Gasteiger partial charge in [0.2, 0.25) is 0 Å². The summed E-state index contributed by atoms with van der Waals surface area (Å²) in [6, 6.07) is 0. The number of rotatable bonds is 0. The number of hydrogen-bond acceptors (Lipinski definition) is 6. The fraction of sp³-hybridized carbons (Fsp3) is 0. The van der Waals surface area contributed by atoms with E-state index in [0.717, 1.165) is 0 Å². The van der Waals surface area contributed by atoms with Crippen LogP contribution in [0.4, 0.5) is 0 Å². The maximum Gasteiger partial charge on any atom is 2.00 e. The normalized spacial score (nSPS) is 4.80. The third-order valence-electron chi connectivity index (χ3n) is 0. The van der Waals surface area contributed by atoms with Gasteiger partial charge in [-0.25, -0.2) is 0 Å². The van der Waals surface area contributed by atoms with Crippen LogP contribution in [-0.4, -0.2) is 70.6 Å². The maximum atomic E-state index is 8.41. The predicted octanol–water partition coefficient (Wildman–Crippen LogP) is -12.5. The molecular formula is H12CaCl2O12. The third-order valence-corrected chi connectivity index (χ3v) is 0. The zero-order chi connectivity index (χ0) is 7.15. The molecule has 12 nitrogen and oxygen atoms in total. The van der Waals surface area contributed by atoms with Crippen molar-refractivity contribution in [2.75, 3.05) is 0 Å². The van der Waals surface area contributed by atoms with Gasteiger partial charge in [-0.1, -0.05) is 0 Å². The van der Waals surface area contributed by atoms with E-state index in [0.29, 0.717) is 0 Å². The molecule has 0 unspecified atom stereocenters. The Morgan fingerprint density at radius 2 is 0.400 bits per heavy atom. The Morgan fingerprint density at radius 3 is 0.400 bits per heavy atom. The molecule has 0 fully saturated rings. The summed E-state index contributed by atoms with van der Waals surface area (Å²) in [6.07, 6.45) is 0. The van der Waals surface area contributed by atoms with Crippen molar-refractivity contribution in [3.63, 3.8) is 0 Å². The fourth-order valence-electron chi connectivity index (χ4n) is 0. The molecule has 0 atom stereocenters. The molecule has 0 amide bonds. The molecule has 0 saturated carbocycles. The topological polar surface area (TPSA) is 327 Å². The summed E-state index contributed by atoms with van der Waals surface area (Å²) in [6.45, 7) is 0. The van der Waals surface area contributed by atoms with E-state index in [-0.39, 0.29) is 70.6 Å². The van der Waals surface area contributed by atoms with Gasteiger partial charge in [0.1, 0.15) is 0 Å². The molecule has 0 heterocycles. The standard InChI is InChI=1S/Ca.2ClO3.6H2O/c;2*2-1(3)4;;;;;;/h;;;6*1H2/q+2;2*-1;;;;;;. The van der Waals surface area contributed by atoms with Crippen molar-refractivity contribution in [3.8, 4) is 0 Å². The zero-order valence-electron chi connectivity index (χ0n) is 6.91. The largest absolute Gasteiger partial charge is 2.00 e. The van der Waals surface area contributed by atoms with Crippen molar-refractivity contribution in [2.45, 2.75) is 0 Å². The van der Waals surface area contributed by atoms with E-state index in [1.165, 1.54) is 0 Å². The van der Waals surface area contributed by atoms with Gasteiger partial charge in [0.15, 0.2) is 0 Å². The first-order valence-corrected chi connectivity index (χ1v) is 2.78.